The number of thioether (sulfide) groups is 1. The molecule has 148 valence electrons. The average Bonchev–Trinajstić information content (AvgIpc) is 3.32. The number of aromatic nitrogens is 4. The van der Waals surface area contributed by atoms with Gasteiger partial charge in [0.25, 0.3) is 5.56 Å². The Morgan fingerprint density at radius 2 is 2.14 bits per heavy atom. The van der Waals surface area contributed by atoms with Gasteiger partial charge in [-0.05, 0) is 50.3 Å². The van der Waals surface area contributed by atoms with E-state index in [-0.39, 0.29) is 5.56 Å². The van der Waals surface area contributed by atoms with Crippen molar-refractivity contribution in [2.24, 2.45) is 0 Å². The van der Waals surface area contributed by atoms with Gasteiger partial charge in [0, 0.05) is 39.8 Å². The van der Waals surface area contributed by atoms with Crippen LogP contribution in [0.3, 0.4) is 0 Å². The van der Waals surface area contributed by atoms with Crippen molar-refractivity contribution in [1.82, 2.24) is 18.9 Å². The van der Waals surface area contributed by atoms with E-state index >= 15 is 0 Å². The Balaban J connectivity index is 1.44. The van der Waals surface area contributed by atoms with Crippen molar-refractivity contribution >= 4 is 39.7 Å². The van der Waals surface area contributed by atoms with E-state index in [1.807, 2.05) is 40.3 Å². The third-order valence-corrected chi connectivity index (χ3v) is 7.82. The zero-order valence-corrected chi connectivity index (χ0v) is 18.3. The Hall–Kier alpha value is -2.09. The van der Waals surface area contributed by atoms with Gasteiger partial charge >= 0.3 is 0 Å². The van der Waals surface area contributed by atoms with Crippen molar-refractivity contribution in [2.45, 2.75) is 43.5 Å². The molecule has 0 radical (unpaired) electrons. The van der Waals surface area contributed by atoms with Gasteiger partial charge in [-0.3, -0.25) is 13.8 Å². The summed E-state index contributed by atoms with van der Waals surface area (Å²) >= 11 is 9.52. The highest BCUT2D eigenvalue weighted by molar-refractivity contribution is 7.98. The lowest BCUT2D eigenvalue weighted by atomic mass is 10.0. The van der Waals surface area contributed by atoms with Crippen molar-refractivity contribution in [2.75, 3.05) is 0 Å². The van der Waals surface area contributed by atoms with Crippen LogP contribution in [-0.2, 0) is 18.6 Å². The lowest BCUT2D eigenvalue weighted by Gasteiger charge is -2.11. The van der Waals surface area contributed by atoms with E-state index in [4.69, 9.17) is 16.6 Å². The maximum Gasteiger partial charge on any atom is 0.259 e. The van der Waals surface area contributed by atoms with Crippen LogP contribution >= 0.6 is 34.7 Å². The minimum atomic E-state index is 0.0269. The summed E-state index contributed by atoms with van der Waals surface area (Å²) in [6.07, 6.45) is 8.09. The molecule has 0 saturated carbocycles. The average molecular weight is 443 g/mol. The number of benzene rings is 1. The second-order valence-electron chi connectivity index (χ2n) is 7.14. The Labute approximate surface area is 181 Å². The molecule has 8 heteroatoms. The van der Waals surface area contributed by atoms with Gasteiger partial charge in [0.1, 0.15) is 0 Å². The van der Waals surface area contributed by atoms with E-state index in [1.54, 1.807) is 35.4 Å². The van der Waals surface area contributed by atoms with Gasteiger partial charge < -0.3 is 0 Å². The molecule has 0 unspecified atom stereocenters. The van der Waals surface area contributed by atoms with E-state index in [1.165, 1.54) is 17.0 Å². The predicted molar refractivity (Wildman–Crippen MR) is 119 cm³/mol. The monoisotopic (exact) mass is 442 g/mol. The van der Waals surface area contributed by atoms with Crippen LogP contribution in [0.5, 0.6) is 0 Å². The van der Waals surface area contributed by atoms with Crippen molar-refractivity contribution in [1.29, 1.82) is 0 Å². The van der Waals surface area contributed by atoms with Crippen LogP contribution in [0.15, 0.2) is 46.6 Å². The van der Waals surface area contributed by atoms with Crippen LogP contribution in [0.1, 0.15) is 34.7 Å². The van der Waals surface area contributed by atoms with Gasteiger partial charge in [-0.1, -0.05) is 29.4 Å². The third-order valence-electron chi connectivity index (χ3n) is 5.27. The van der Waals surface area contributed by atoms with Gasteiger partial charge in [-0.2, -0.15) is 0 Å². The van der Waals surface area contributed by atoms with Crippen LogP contribution in [0.25, 0.3) is 10.6 Å². The number of thiazole rings is 1. The predicted octanol–water partition coefficient (Wildman–Crippen LogP) is 5.07. The molecule has 5 rings (SSSR count). The van der Waals surface area contributed by atoms with Crippen LogP contribution < -0.4 is 5.56 Å². The summed E-state index contributed by atoms with van der Waals surface area (Å²) in [5.41, 5.74) is 4.00. The maximum atomic E-state index is 12.7. The number of hydrogen-bond donors (Lipinski definition) is 0. The topological polar surface area (TPSA) is 52.2 Å². The third kappa shape index (κ3) is 3.41. The minimum absolute atomic E-state index is 0.0269. The van der Waals surface area contributed by atoms with Gasteiger partial charge in [-0.15, -0.1) is 11.3 Å². The summed E-state index contributed by atoms with van der Waals surface area (Å²) in [6, 6.07) is 7.52. The van der Waals surface area contributed by atoms with Gasteiger partial charge in [0.2, 0.25) is 0 Å². The highest BCUT2D eigenvalue weighted by atomic mass is 35.5. The first-order valence-corrected chi connectivity index (χ1v) is 11.7. The summed E-state index contributed by atoms with van der Waals surface area (Å²) in [4.78, 5) is 24.1. The molecule has 0 amide bonds. The molecule has 0 saturated heterocycles. The molecule has 3 heterocycles. The summed E-state index contributed by atoms with van der Waals surface area (Å²) in [7, 11) is 0. The fourth-order valence-electron chi connectivity index (χ4n) is 3.79. The molecule has 0 atom stereocenters. The van der Waals surface area contributed by atoms with E-state index in [9.17, 15) is 4.79 Å². The van der Waals surface area contributed by atoms with Crippen molar-refractivity contribution in [3.8, 4) is 5.69 Å². The number of fused-ring (bicyclic) bond motifs is 3. The highest BCUT2D eigenvalue weighted by Crippen LogP contribution is 2.30. The van der Waals surface area contributed by atoms with Crippen molar-refractivity contribution in [3.05, 3.63) is 73.9 Å². The molecule has 0 bridgehead atoms. The molecule has 4 aromatic rings. The normalized spacial score (nSPS) is 13.7. The summed E-state index contributed by atoms with van der Waals surface area (Å²) in [5.74, 6) is 0.588. The zero-order valence-electron chi connectivity index (χ0n) is 15.9. The van der Waals surface area contributed by atoms with Crippen LogP contribution in [-0.4, -0.2) is 18.9 Å². The second-order valence-corrected chi connectivity index (χ2v) is 9.55. The molecule has 1 aliphatic carbocycles. The van der Waals surface area contributed by atoms with Gasteiger partial charge in [0.05, 0.1) is 11.4 Å². The van der Waals surface area contributed by atoms with Crippen LogP contribution in [0.4, 0.5) is 0 Å². The lowest BCUT2D eigenvalue weighted by molar-refractivity contribution is 0.670. The SMILES string of the molecule is Cc1c(Cl)cccc1-n1ccnc1SCc1cc(=O)n2c3c(sc2n1)CCCC3. The first kappa shape index (κ1) is 18.9. The maximum absolute atomic E-state index is 12.7. The molecule has 5 nitrogen and oxygen atoms in total. The molecule has 0 fully saturated rings. The van der Waals surface area contributed by atoms with E-state index in [2.05, 4.69) is 4.98 Å². The number of rotatable bonds is 4. The standard InChI is InChI=1S/C21H19ClN4OS2/c1-13-15(22)5-4-7-16(13)25-10-9-23-20(25)28-12-14-11-19(27)26-17-6-2-3-8-18(17)29-21(26)24-14/h4-5,7,9-11H,2-3,6,8,12H2,1H3. The first-order valence-electron chi connectivity index (χ1n) is 9.56. The van der Waals surface area contributed by atoms with Crippen molar-refractivity contribution in [3.63, 3.8) is 0 Å². The molecule has 3 aromatic heterocycles. The minimum Gasteiger partial charge on any atom is -0.295 e. The molecular formula is C21H19ClN4OS2. The fourth-order valence-corrected chi connectivity index (χ4v) is 6.05. The van der Waals surface area contributed by atoms with E-state index in [0.717, 1.165) is 51.3 Å². The molecule has 0 N–H and O–H groups in total. The highest BCUT2D eigenvalue weighted by Gasteiger charge is 2.19. The number of nitrogens with zero attached hydrogens (tertiary/aromatic N) is 4. The van der Waals surface area contributed by atoms with Crippen LogP contribution in [0, 0.1) is 6.92 Å². The molecule has 1 aliphatic rings. The summed E-state index contributed by atoms with van der Waals surface area (Å²) in [6.45, 7) is 2.00. The molecule has 29 heavy (non-hydrogen) atoms. The van der Waals surface area contributed by atoms with Crippen molar-refractivity contribution < 1.29 is 0 Å². The molecule has 1 aromatic carbocycles. The fraction of sp³-hybridized carbons (Fsp3) is 0.286. The zero-order chi connectivity index (χ0) is 20.0. The number of imidazole rings is 1. The molecule has 0 aliphatic heterocycles. The van der Waals surface area contributed by atoms with Crippen LogP contribution in [0.2, 0.25) is 5.02 Å². The number of halogens is 1. The molecule has 0 spiro atoms. The Bertz CT molecular complexity index is 1270. The summed E-state index contributed by atoms with van der Waals surface area (Å²) in [5, 5.41) is 1.58. The summed E-state index contributed by atoms with van der Waals surface area (Å²) < 4.78 is 3.84. The Morgan fingerprint density at radius 1 is 1.28 bits per heavy atom. The quantitative estimate of drug-likeness (QED) is 0.414. The Morgan fingerprint density at radius 3 is 3.03 bits per heavy atom. The Kier molecular flexibility index (Phi) is 4.97. The number of aryl methyl sites for hydroxylation is 2. The lowest BCUT2D eigenvalue weighted by Crippen LogP contribution is -2.17. The first-order chi connectivity index (χ1) is 14.1. The molecular weight excluding hydrogens is 424 g/mol. The largest absolute Gasteiger partial charge is 0.295 e. The smallest absolute Gasteiger partial charge is 0.259 e. The number of hydrogen-bond acceptors (Lipinski definition) is 5. The van der Waals surface area contributed by atoms with Gasteiger partial charge in [0.15, 0.2) is 10.1 Å². The second kappa shape index (κ2) is 7.63. The van der Waals surface area contributed by atoms with E-state index in [0.29, 0.717) is 5.75 Å². The van der Waals surface area contributed by atoms with E-state index < -0.39 is 0 Å². The van der Waals surface area contributed by atoms with Gasteiger partial charge in [-0.25, -0.2) is 9.97 Å².